The molecule has 1 saturated heterocycles. The fourth-order valence-electron chi connectivity index (χ4n) is 2.22. The average molecular weight is 290 g/mol. The van der Waals surface area contributed by atoms with Gasteiger partial charge in [-0.25, -0.2) is 0 Å². The molecule has 1 aliphatic rings. The Balaban J connectivity index is 1.86. The molecule has 0 saturated carbocycles. The highest BCUT2D eigenvalue weighted by Gasteiger charge is 2.17. The maximum Gasteiger partial charge on any atom is 0.208 e. The van der Waals surface area contributed by atoms with Crippen LogP contribution in [0.15, 0.2) is 18.5 Å². The predicted octanol–water partition coefficient (Wildman–Crippen LogP) is 1.44. The molecule has 0 unspecified atom stereocenters. The van der Waals surface area contributed by atoms with Crippen LogP contribution >= 0.6 is 11.3 Å². The molecule has 7 heteroatoms. The number of rotatable bonds is 4. The van der Waals surface area contributed by atoms with E-state index in [-0.39, 0.29) is 0 Å². The molecule has 0 amide bonds. The van der Waals surface area contributed by atoms with Crippen molar-refractivity contribution < 1.29 is 0 Å². The molecule has 0 bridgehead atoms. The van der Waals surface area contributed by atoms with Crippen LogP contribution in [0.5, 0.6) is 0 Å². The average Bonchev–Trinajstić information content (AvgIpc) is 2.99. The van der Waals surface area contributed by atoms with Gasteiger partial charge in [0, 0.05) is 50.8 Å². The van der Waals surface area contributed by atoms with Gasteiger partial charge in [0.1, 0.15) is 0 Å². The highest BCUT2D eigenvalue weighted by molar-refractivity contribution is 7.18. The molecule has 106 valence electrons. The first-order valence-electron chi connectivity index (χ1n) is 6.86. The van der Waals surface area contributed by atoms with Crippen molar-refractivity contribution in [2.45, 2.75) is 6.92 Å². The molecule has 2 aromatic rings. The monoisotopic (exact) mass is 290 g/mol. The lowest BCUT2D eigenvalue weighted by atomic mass is 10.2. The second kappa shape index (κ2) is 6.15. The normalized spacial score (nSPS) is 15.3. The lowest BCUT2D eigenvalue weighted by Gasteiger charge is -2.26. The van der Waals surface area contributed by atoms with Crippen LogP contribution < -0.4 is 15.5 Å². The van der Waals surface area contributed by atoms with E-state index in [9.17, 15) is 0 Å². The molecule has 20 heavy (non-hydrogen) atoms. The molecule has 1 fully saturated rings. The standard InChI is InChI=1S/C13H18N6S/c1-2-16-11-3-4-15-9-10(11)12-17-18-13(20-12)19-7-5-14-6-8-19/h3-4,9,14H,2,5-8H2,1H3,(H,15,16). The first kappa shape index (κ1) is 13.3. The van der Waals surface area contributed by atoms with Gasteiger partial charge >= 0.3 is 0 Å². The third-order valence-corrected chi connectivity index (χ3v) is 4.24. The Morgan fingerprint density at radius 3 is 3.00 bits per heavy atom. The van der Waals surface area contributed by atoms with Gasteiger partial charge in [-0.2, -0.15) is 0 Å². The summed E-state index contributed by atoms with van der Waals surface area (Å²) in [6.45, 7) is 6.94. The van der Waals surface area contributed by atoms with E-state index in [2.05, 4.69) is 37.6 Å². The number of nitrogens with zero attached hydrogens (tertiary/aromatic N) is 4. The van der Waals surface area contributed by atoms with Gasteiger partial charge < -0.3 is 15.5 Å². The summed E-state index contributed by atoms with van der Waals surface area (Å²) in [5.74, 6) is 0. The van der Waals surface area contributed by atoms with Crippen molar-refractivity contribution in [3.8, 4) is 10.6 Å². The number of hydrogen-bond acceptors (Lipinski definition) is 7. The van der Waals surface area contributed by atoms with Crippen molar-refractivity contribution in [2.24, 2.45) is 0 Å². The van der Waals surface area contributed by atoms with Crippen molar-refractivity contribution in [3.63, 3.8) is 0 Å². The first-order valence-corrected chi connectivity index (χ1v) is 7.67. The minimum Gasteiger partial charge on any atom is -0.385 e. The van der Waals surface area contributed by atoms with Gasteiger partial charge in [-0.3, -0.25) is 4.98 Å². The maximum absolute atomic E-state index is 4.33. The second-order valence-electron chi connectivity index (χ2n) is 4.58. The Hall–Kier alpha value is -1.73. The summed E-state index contributed by atoms with van der Waals surface area (Å²) in [4.78, 5) is 6.48. The number of piperazine rings is 1. The van der Waals surface area contributed by atoms with Gasteiger partial charge in [0.25, 0.3) is 0 Å². The zero-order chi connectivity index (χ0) is 13.8. The smallest absolute Gasteiger partial charge is 0.208 e. The van der Waals surface area contributed by atoms with Gasteiger partial charge in [-0.15, -0.1) is 10.2 Å². The van der Waals surface area contributed by atoms with Crippen LogP contribution in [0.4, 0.5) is 10.8 Å². The van der Waals surface area contributed by atoms with Crippen molar-refractivity contribution in [3.05, 3.63) is 18.5 Å². The molecule has 2 aromatic heterocycles. The Bertz CT molecular complexity index is 563. The largest absolute Gasteiger partial charge is 0.385 e. The molecule has 6 nitrogen and oxygen atoms in total. The summed E-state index contributed by atoms with van der Waals surface area (Å²) >= 11 is 1.63. The molecule has 0 radical (unpaired) electrons. The first-order chi connectivity index (χ1) is 9.88. The van der Waals surface area contributed by atoms with Crippen LogP contribution in [0.3, 0.4) is 0 Å². The molecular formula is C13H18N6S. The molecule has 1 aliphatic heterocycles. The minimum absolute atomic E-state index is 0.875. The lowest BCUT2D eigenvalue weighted by Crippen LogP contribution is -2.43. The molecule has 0 aromatic carbocycles. The highest BCUT2D eigenvalue weighted by atomic mass is 32.1. The topological polar surface area (TPSA) is 66.0 Å². The van der Waals surface area contributed by atoms with Crippen LogP contribution in [0.2, 0.25) is 0 Å². The van der Waals surface area contributed by atoms with E-state index >= 15 is 0 Å². The minimum atomic E-state index is 0.875. The van der Waals surface area contributed by atoms with Gasteiger partial charge in [0.05, 0.1) is 5.56 Å². The quantitative estimate of drug-likeness (QED) is 0.888. The third kappa shape index (κ3) is 2.73. The van der Waals surface area contributed by atoms with E-state index in [0.717, 1.165) is 54.1 Å². The Kier molecular flexibility index (Phi) is 4.08. The van der Waals surface area contributed by atoms with E-state index in [1.54, 1.807) is 17.5 Å². The number of pyridine rings is 1. The third-order valence-electron chi connectivity index (χ3n) is 3.22. The predicted molar refractivity (Wildman–Crippen MR) is 82.4 cm³/mol. The van der Waals surface area contributed by atoms with E-state index in [0.29, 0.717) is 0 Å². The van der Waals surface area contributed by atoms with Gasteiger partial charge in [-0.05, 0) is 13.0 Å². The SMILES string of the molecule is CCNc1ccncc1-c1nnc(N2CCNCC2)s1. The van der Waals surface area contributed by atoms with Crippen molar-refractivity contribution in [1.29, 1.82) is 0 Å². The summed E-state index contributed by atoms with van der Waals surface area (Å²) in [5, 5.41) is 17.3. The Morgan fingerprint density at radius 1 is 1.35 bits per heavy atom. The second-order valence-corrected chi connectivity index (χ2v) is 5.53. The van der Waals surface area contributed by atoms with Crippen LogP contribution in [0, 0.1) is 0 Å². The highest BCUT2D eigenvalue weighted by Crippen LogP contribution is 2.32. The molecule has 2 N–H and O–H groups in total. The summed E-state index contributed by atoms with van der Waals surface area (Å²) in [7, 11) is 0. The van der Waals surface area contributed by atoms with Gasteiger partial charge in [-0.1, -0.05) is 11.3 Å². The van der Waals surface area contributed by atoms with Gasteiger partial charge in [0.2, 0.25) is 5.13 Å². The van der Waals surface area contributed by atoms with Crippen LogP contribution in [0.1, 0.15) is 6.92 Å². The van der Waals surface area contributed by atoms with Crippen LogP contribution in [-0.2, 0) is 0 Å². The zero-order valence-corrected chi connectivity index (χ0v) is 12.3. The van der Waals surface area contributed by atoms with Crippen molar-refractivity contribution in [2.75, 3.05) is 42.9 Å². The number of aromatic nitrogens is 3. The maximum atomic E-state index is 4.33. The fourth-order valence-corrected chi connectivity index (χ4v) is 3.14. The number of anilines is 2. The summed E-state index contributed by atoms with van der Waals surface area (Å²) in [6.07, 6.45) is 3.64. The van der Waals surface area contributed by atoms with Crippen LogP contribution in [-0.4, -0.2) is 47.9 Å². The summed E-state index contributed by atoms with van der Waals surface area (Å²) in [5.41, 5.74) is 2.08. The molecule has 0 aliphatic carbocycles. The summed E-state index contributed by atoms with van der Waals surface area (Å²) in [6, 6.07) is 1.98. The lowest BCUT2D eigenvalue weighted by molar-refractivity contribution is 0.587. The summed E-state index contributed by atoms with van der Waals surface area (Å²) < 4.78 is 0. The van der Waals surface area contributed by atoms with Crippen LogP contribution in [0.25, 0.3) is 10.6 Å². The zero-order valence-electron chi connectivity index (χ0n) is 11.5. The molecule has 3 heterocycles. The van der Waals surface area contributed by atoms with Gasteiger partial charge in [0.15, 0.2) is 5.01 Å². The molecular weight excluding hydrogens is 272 g/mol. The molecule has 0 atom stereocenters. The van der Waals surface area contributed by atoms with Crippen molar-refractivity contribution >= 4 is 22.2 Å². The van der Waals surface area contributed by atoms with E-state index in [4.69, 9.17) is 0 Å². The van der Waals surface area contributed by atoms with Crippen molar-refractivity contribution in [1.82, 2.24) is 20.5 Å². The number of nitrogens with one attached hydrogen (secondary N) is 2. The van der Waals surface area contributed by atoms with E-state index in [1.165, 1.54) is 0 Å². The Labute approximate surface area is 122 Å². The number of hydrogen-bond donors (Lipinski definition) is 2. The molecule has 0 spiro atoms. The van der Waals surface area contributed by atoms with E-state index in [1.807, 2.05) is 12.3 Å². The van der Waals surface area contributed by atoms with E-state index < -0.39 is 0 Å². The Morgan fingerprint density at radius 2 is 2.20 bits per heavy atom. The fraction of sp³-hybridized carbons (Fsp3) is 0.462. The molecule has 3 rings (SSSR count).